The molecule has 0 aliphatic heterocycles. The van der Waals surface area contributed by atoms with Crippen LogP contribution in [0.2, 0.25) is 12.6 Å². The maximum Gasteiger partial charge on any atom is -0.255 e. The Morgan fingerprint density at radius 3 is 1.60 bits per heavy atom. The van der Waals surface area contributed by atoms with E-state index in [1.54, 1.807) is 0 Å². The summed E-state index contributed by atoms with van der Waals surface area (Å²) >= 11 is 0. The van der Waals surface area contributed by atoms with E-state index >= 15 is 0 Å². The van der Waals surface area contributed by atoms with Crippen LogP contribution in [0, 0.1) is 0 Å². The summed E-state index contributed by atoms with van der Waals surface area (Å²) in [4.78, 5) is 1.50. The van der Waals surface area contributed by atoms with Crippen LogP contribution in [0.25, 0.3) is 16.0 Å². The maximum atomic E-state index is 6.75. The van der Waals surface area contributed by atoms with Crippen molar-refractivity contribution in [1.82, 2.24) is 0 Å². The molecular weight excluding hydrogens is 125 g/mol. The Bertz CT molecular complexity index is 75.1. The molecule has 0 fully saturated rings. The molecule has 0 aliphatic carbocycles. The third kappa shape index (κ3) is 26.3. The summed E-state index contributed by atoms with van der Waals surface area (Å²) in [5, 5.41) is 0. The van der Waals surface area contributed by atoms with Crippen molar-refractivity contribution < 1.29 is 0 Å². The Kier molecular flexibility index (Phi) is 19.1. The molecule has 0 aromatic carbocycles. The van der Waals surface area contributed by atoms with Crippen molar-refractivity contribution >= 4 is 7.28 Å². The van der Waals surface area contributed by atoms with Crippen LogP contribution >= 0.6 is 0 Å². The molecule has 0 aliphatic rings. The standard InChI is InChI=1S/C6H14B.N3/c1-3-5-7-6-4-2;1-3-2/h3-6H2,1-2H3;/q+1;-1. The van der Waals surface area contributed by atoms with Gasteiger partial charge in [-0.25, -0.2) is 0 Å². The molecule has 56 valence electrons. The molecule has 0 heterocycles. The minimum absolute atomic E-state index is 1.30. The van der Waals surface area contributed by atoms with Crippen LogP contribution in [0.15, 0.2) is 0 Å². The predicted octanol–water partition coefficient (Wildman–Crippen LogP) is 3.21. The molecule has 4 heteroatoms. The average molecular weight is 139 g/mol. The molecule has 0 aromatic heterocycles. The van der Waals surface area contributed by atoms with Crippen molar-refractivity contribution in [2.45, 2.75) is 39.3 Å². The number of hydrogen-bond donors (Lipinski definition) is 0. The summed E-state index contributed by atoms with van der Waals surface area (Å²) in [7, 11) is 2.36. The molecule has 0 bridgehead atoms. The second kappa shape index (κ2) is 15.8. The molecule has 0 atom stereocenters. The van der Waals surface area contributed by atoms with Gasteiger partial charge in [-0.3, -0.25) is 4.91 Å². The van der Waals surface area contributed by atoms with Gasteiger partial charge in [0.15, 0.2) is 0 Å². The van der Waals surface area contributed by atoms with E-state index in [9.17, 15) is 0 Å². The van der Waals surface area contributed by atoms with E-state index in [1.165, 1.54) is 30.4 Å². The Morgan fingerprint density at radius 2 is 1.40 bits per heavy atom. The van der Waals surface area contributed by atoms with Crippen molar-refractivity contribution in [3.8, 4) is 0 Å². The molecule has 0 rings (SSSR count). The molecule has 3 nitrogen and oxygen atoms in total. The molecule has 0 spiro atoms. The normalized spacial score (nSPS) is 6.60. The van der Waals surface area contributed by atoms with Gasteiger partial charge < -0.3 is 11.1 Å². The van der Waals surface area contributed by atoms with Crippen LogP contribution in [0.4, 0.5) is 0 Å². The Balaban J connectivity index is 0. The Hall–Kier alpha value is -0.625. The van der Waals surface area contributed by atoms with Crippen LogP contribution in [-0.2, 0) is 0 Å². The van der Waals surface area contributed by atoms with Gasteiger partial charge in [0, 0.05) is 0 Å². The van der Waals surface area contributed by atoms with Crippen molar-refractivity contribution in [3.63, 3.8) is 0 Å². The van der Waals surface area contributed by atoms with E-state index in [4.69, 9.17) is 11.1 Å². The molecular formula is C6H14BN3. The molecule has 0 unspecified atom stereocenters. The first-order valence-electron chi connectivity index (χ1n) is 3.63. The van der Waals surface area contributed by atoms with Crippen LogP contribution in [0.5, 0.6) is 0 Å². The fourth-order valence-electron chi connectivity index (χ4n) is 0.553. The summed E-state index contributed by atoms with van der Waals surface area (Å²) in [5.41, 5.74) is 13.5. The van der Waals surface area contributed by atoms with Crippen molar-refractivity contribution in [2.24, 2.45) is 0 Å². The minimum atomic E-state index is 1.30. The average Bonchev–Trinajstić information content (AvgIpc) is 1.91. The van der Waals surface area contributed by atoms with Gasteiger partial charge in [-0.2, -0.15) is 0 Å². The van der Waals surface area contributed by atoms with Crippen LogP contribution < -0.4 is 0 Å². The summed E-state index contributed by atoms with van der Waals surface area (Å²) in [6.07, 6.45) is 5.21. The molecule has 0 radical (unpaired) electrons. The molecule has 10 heavy (non-hydrogen) atoms. The number of nitrogens with zero attached hydrogens (tertiary/aromatic N) is 3. The van der Waals surface area contributed by atoms with Gasteiger partial charge in [0.05, 0.1) is 0 Å². The van der Waals surface area contributed by atoms with Gasteiger partial charge in [-0.15, -0.1) is 0 Å². The first kappa shape index (κ1) is 12.1. The van der Waals surface area contributed by atoms with Gasteiger partial charge in [0.2, 0.25) is 0 Å². The monoisotopic (exact) mass is 139 g/mol. The smallest absolute Gasteiger partial charge is 0.255 e. The van der Waals surface area contributed by atoms with E-state index in [2.05, 4.69) is 21.1 Å². The Morgan fingerprint density at radius 1 is 1.10 bits per heavy atom. The minimum Gasteiger partial charge on any atom is -0.373 e. The van der Waals surface area contributed by atoms with E-state index in [0.29, 0.717) is 0 Å². The van der Waals surface area contributed by atoms with Gasteiger partial charge in [0.25, 0.3) is 0 Å². The molecule has 0 saturated heterocycles. The summed E-state index contributed by atoms with van der Waals surface area (Å²) < 4.78 is 0. The third-order valence-corrected chi connectivity index (χ3v) is 0.986. The molecule has 0 saturated carbocycles. The second-order valence-corrected chi connectivity index (χ2v) is 1.96. The summed E-state index contributed by atoms with van der Waals surface area (Å²) in [5.74, 6) is 0. The zero-order valence-corrected chi connectivity index (χ0v) is 6.75. The zero-order valence-electron chi connectivity index (χ0n) is 6.75. The van der Waals surface area contributed by atoms with Gasteiger partial charge >= 0.3 is 46.6 Å². The zero-order chi connectivity index (χ0) is 8.24. The van der Waals surface area contributed by atoms with E-state index in [1.807, 2.05) is 0 Å². The SMILES string of the molecule is CCC[B+]CCC.[N-]=[N+]=[N-]. The van der Waals surface area contributed by atoms with Gasteiger partial charge in [0.1, 0.15) is 0 Å². The largest absolute Gasteiger partial charge is 0.373 e. The van der Waals surface area contributed by atoms with Crippen LogP contribution in [0.3, 0.4) is 0 Å². The Labute approximate surface area is 63.5 Å². The first-order valence-corrected chi connectivity index (χ1v) is 3.63. The molecule has 0 aromatic rings. The van der Waals surface area contributed by atoms with Crippen molar-refractivity contribution in [3.05, 3.63) is 16.0 Å². The van der Waals surface area contributed by atoms with Crippen LogP contribution in [0.1, 0.15) is 26.7 Å². The van der Waals surface area contributed by atoms with Crippen LogP contribution in [-0.4, -0.2) is 7.28 Å². The fraction of sp³-hybridized carbons (Fsp3) is 1.00. The van der Waals surface area contributed by atoms with E-state index in [0.717, 1.165) is 0 Å². The van der Waals surface area contributed by atoms with Gasteiger partial charge in [-0.1, -0.05) is 0 Å². The van der Waals surface area contributed by atoms with Crippen molar-refractivity contribution in [2.75, 3.05) is 0 Å². The third-order valence-electron chi connectivity index (χ3n) is 0.986. The number of hydrogen-bond acceptors (Lipinski definition) is 0. The summed E-state index contributed by atoms with van der Waals surface area (Å²) in [6.45, 7) is 4.43. The molecule has 0 amide bonds. The van der Waals surface area contributed by atoms with E-state index in [-0.39, 0.29) is 0 Å². The predicted molar refractivity (Wildman–Crippen MR) is 46.0 cm³/mol. The fourth-order valence-corrected chi connectivity index (χ4v) is 0.553. The van der Waals surface area contributed by atoms with Gasteiger partial charge in [-0.05, 0) is 0 Å². The summed E-state index contributed by atoms with van der Waals surface area (Å²) in [6, 6.07) is 0. The molecule has 0 N–H and O–H groups in total. The topological polar surface area (TPSA) is 58.7 Å². The second-order valence-electron chi connectivity index (χ2n) is 1.96. The van der Waals surface area contributed by atoms with E-state index < -0.39 is 0 Å². The maximum absolute atomic E-state index is 6.75. The van der Waals surface area contributed by atoms with Crippen molar-refractivity contribution in [1.29, 1.82) is 0 Å². The quantitative estimate of drug-likeness (QED) is 0.189. The number of rotatable bonds is 4. The first-order chi connectivity index (χ1) is 4.83.